The summed E-state index contributed by atoms with van der Waals surface area (Å²) >= 11 is 3.57. The molecule has 2 fully saturated rings. The van der Waals surface area contributed by atoms with Crippen molar-refractivity contribution < 1.29 is 4.74 Å². The van der Waals surface area contributed by atoms with Crippen LogP contribution in [0.4, 0.5) is 17.1 Å². The first-order chi connectivity index (χ1) is 9.15. The number of halogens is 1. The Hall–Kier alpha value is -0.980. The van der Waals surface area contributed by atoms with E-state index in [1.165, 1.54) is 0 Å². The number of nitrogens with zero attached hydrogens (tertiary/aromatic N) is 2. The van der Waals surface area contributed by atoms with Crippen molar-refractivity contribution in [2.24, 2.45) is 0 Å². The molecule has 4 N–H and O–H groups in total. The van der Waals surface area contributed by atoms with Crippen LogP contribution in [0.1, 0.15) is 0 Å². The SMILES string of the molecule is Nc1cc(Br)c(N2CCN(C3COC3)CC2)cc1N. The molecule has 19 heavy (non-hydrogen) atoms. The summed E-state index contributed by atoms with van der Waals surface area (Å²) in [6, 6.07) is 4.47. The van der Waals surface area contributed by atoms with Crippen molar-refractivity contribution in [2.75, 3.05) is 55.8 Å². The molecule has 0 atom stereocenters. The molecular weight excluding hydrogens is 308 g/mol. The van der Waals surface area contributed by atoms with Gasteiger partial charge in [0.05, 0.1) is 36.3 Å². The minimum atomic E-state index is 0.626. The minimum absolute atomic E-state index is 0.626. The lowest BCUT2D eigenvalue weighted by Gasteiger charge is -2.43. The normalized spacial score (nSPS) is 21.4. The van der Waals surface area contributed by atoms with Crippen LogP contribution < -0.4 is 16.4 Å². The zero-order chi connectivity index (χ0) is 13.4. The quantitative estimate of drug-likeness (QED) is 0.797. The third-order valence-electron chi connectivity index (χ3n) is 3.94. The second kappa shape index (κ2) is 5.19. The smallest absolute Gasteiger partial charge is 0.0645 e. The van der Waals surface area contributed by atoms with Gasteiger partial charge in [-0.3, -0.25) is 4.90 Å². The maximum atomic E-state index is 5.90. The molecule has 0 amide bonds. The third-order valence-corrected chi connectivity index (χ3v) is 4.58. The predicted octanol–water partition coefficient (Wildman–Crippen LogP) is 1.13. The summed E-state index contributed by atoms with van der Waals surface area (Å²) in [5.74, 6) is 0. The number of nitrogen functional groups attached to an aromatic ring is 2. The molecule has 0 unspecified atom stereocenters. The van der Waals surface area contributed by atoms with Crippen LogP contribution in [0, 0.1) is 0 Å². The lowest BCUT2D eigenvalue weighted by Crippen LogP contribution is -2.56. The van der Waals surface area contributed by atoms with E-state index in [1.54, 1.807) is 0 Å². The molecule has 6 heteroatoms. The molecule has 3 rings (SSSR count). The highest BCUT2D eigenvalue weighted by molar-refractivity contribution is 9.10. The van der Waals surface area contributed by atoms with Crippen LogP contribution >= 0.6 is 15.9 Å². The zero-order valence-corrected chi connectivity index (χ0v) is 12.4. The lowest BCUT2D eigenvalue weighted by atomic mass is 10.1. The summed E-state index contributed by atoms with van der Waals surface area (Å²) in [5, 5.41) is 0. The molecule has 0 bridgehead atoms. The molecule has 1 aromatic carbocycles. The fourth-order valence-electron chi connectivity index (χ4n) is 2.60. The van der Waals surface area contributed by atoms with Crippen LogP contribution in [0.2, 0.25) is 0 Å². The van der Waals surface area contributed by atoms with E-state index in [0.717, 1.165) is 49.6 Å². The molecule has 0 aromatic heterocycles. The third kappa shape index (κ3) is 2.52. The average Bonchev–Trinajstić information content (AvgIpc) is 2.33. The number of hydrogen-bond donors (Lipinski definition) is 2. The van der Waals surface area contributed by atoms with Gasteiger partial charge in [0.15, 0.2) is 0 Å². The van der Waals surface area contributed by atoms with Gasteiger partial charge >= 0.3 is 0 Å². The highest BCUT2D eigenvalue weighted by atomic mass is 79.9. The monoisotopic (exact) mass is 326 g/mol. The van der Waals surface area contributed by atoms with Crippen LogP contribution in [0.5, 0.6) is 0 Å². The molecule has 0 aliphatic carbocycles. The van der Waals surface area contributed by atoms with Gasteiger partial charge in [0.25, 0.3) is 0 Å². The molecule has 2 aliphatic rings. The molecule has 2 heterocycles. The van der Waals surface area contributed by atoms with Crippen molar-refractivity contribution in [1.29, 1.82) is 0 Å². The first kappa shape index (κ1) is 13.0. The molecule has 5 nitrogen and oxygen atoms in total. The lowest BCUT2D eigenvalue weighted by molar-refractivity contribution is -0.0660. The van der Waals surface area contributed by atoms with Gasteiger partial charge in [0.2, 0.25) is 0 Å². The van der Waals surface area contributed by atoms with E-state index in [-0.39, 0.29) is 0 Å². The topological polar surface area (TPSA) is 67.8 Å². The van der Waals surface area contributed by atoms with Crippen molar-refractivity contribution in [2.45, 2.75) is 6.04 Å². The van der Waals surface area contributed by atoms with Gasteiger partial charge in [-0.2, -0.15) is 0 Å². The fraction of sp³-hybridized carbons (Fsp3) is 0.538. The van der Waals surface area contributed by atoms with Gasteiger partial charge in [-0.15, -0.1) is 0 Å². The second-order valence-corrected chi connectivity index (χ2v) is 6.00. The van der Waals surface area contributed by atoms with E-state index >= 15 is 0 Å². The number of ether oxygens (including phenoxy) is 1. The maximum Gasteiger partial charge on any atom is 0.0645 e. The van der Waals surface area contributed by atoms with Crippen molar-refractivity contribution in [3.05, 3.63) is 16.6 Å². The Morgan fingerprint density at radius 2 is 1.68 bits per heavy atom. The van der Waals surface area contributed by atoms with E-state index in [9.17, 15) is 0 Å². The van der Waals surface area contributed by atoms with Crippen molar-refractivity contribution in [3.63, 3.8) is 0 Å². The Kier molecular flexibility index (Phi) is 3.56. The van der Waals surface area contributed by atoms with Gasteiger partial charge in [0.1, 0.15) is 0 Å². The van der Waals surface area contributed by atoms with Crippen LogP contribution in [0.3, 0.4) is 0 Å². The van der Waals surface area contributed by atoms with E-state index in [2.05, 4.69) is 25.7 Å². The van der Waals surface area contributed by atoms with E-state index in [1.807, 2.05) is 12.1 Å². The van der Waals surface area contributed by atoms with Crippen molar-refractivity contribution >= 4 is 33.0 Å². The van der Waals surface area contributed by atoms with Crippen LogP contribution in [0.15, 0.2) is 16.6 Å². The maximum absolute atomic E-state index is 5.90. The Morgan fingerprint density at radius 3 is 2.26 bits per heavy atom. The van der Waals surface area contributed by atoms with Crippen molar-refractivity contribution in [3.8, 4) is 0 Å². The summed E-state index contributed by atoms with van der Waals surface area (Å²) < 4.78 is 6.27. The number of benzene rings is 1. The molecule has 1 aromatic rings. The fourth-order valence-corrected chi connectivity index (χ4v) is 3.21. The summed E-state index contributed by atoms with van der Waals surface area (Å²) in [7, 11) is 0. The number of hydrogen-bond acceptors (Lipinski definition) is 5. The molecule has 2 saturated heterocycles. The van der Waals surface area contributed by atoms with Crippen LogP contribution in [-0.2, 0) is 4.74 Å². The van der Waals surface area contributed by atoms with Gasteiger partial charge in [0, 0.05) is 30.7 Å². The highest BCUT2D eigenvalue weighted by Crippen LogP contribution is 2.33. The Balaban J connectivity index is 1.69. The number of nitrogens with two attached hydrogens (primary N) is 2. The summed E-state index contributed by atoms with van der Waals surface area (Å²) in [6.45, 7) is 5.95. The molecular formula is C13H19BrN4O. The van der Waals surface area contributed by atoms with Gasteiger partial charge < -0.3 is 21.1 Å². The predicted molar refractivity (Wildman–Crippen MR) is 81.4 cm³/mol. The van der Waals surface area contributed by atoms with E-state index in [0.29, 0.717) is 17.4 Å². The Labute approximate surface area is 121 Å². The number of piperazine rings is 1. The molecule has 2 aliphatic heterocycles. The van der Waals surface area contributed by atoms with Gasteiger partial charge in [-0.1, -0.05) is 0 Å². The Bertz CT molecular complexity index is 470. The molecule has 0 saturated carbocycles. The van der Waals surface area contributed by atoms with Crippen LogP contribution in [0.25, 0.3) is 0 Å². The van der Waals surface area contributed by atoms with Crippen LogP contribution in [-0.4, -0.2) is 50.3 Å². The van der Waals surface area contributed by atoms with E-state index < -0.39 is 0 Å². The summed E-state index contributed by atoms with van der Waals surface area (Å²) in [6.07, 6.45) is 0. The summed E-state index contributed by atoms with van der Waals surface area (Å²) in [4.78, 5) is 4.87. The Morgan fingerprint density at radius 1 is 1.05 bits per heavy atom. The second-order valence-electron chi connectivity index (χ2n) is 5.15. The minimum Gasteiger partial charge on any atom is -0.397 e. The standard InChI is InChI=1S/C13H19BrN4O/c14-10-5-11(15)12(16)6-13(10)18-3-1-17(2-4-18)9-7-19-8-9/h5-6,9H,1-4,7-8,15-16H2. The average molecular weight is 327 g/mol. The first-order valence-electron chi connectivity index (χ1n) is 6.56. The number of anilines is 3. The highest BCUT2D eigenvalue weighted by Gasteiger charge is 2.29. The molecule has 0 spiro atoms. The zero-order valence-electron chi connectivity index (χ0n) is 10.8. The first-order valence-corrected chi connectivity index (χ1v) is 7.35. The molecule has 0 radical (unpaired) electrons. The van der Waals surface area contributed by atoms with Crippen molar-refractivity contribution in [1.82, 2.24) is 4.90 Å². The van der Waals surface area contributed by atoms with Gasteiger partial charge in [-0.25, -0.2) is 0 Å². The van der Waals surface area contributed by atoms with E-state index in [4.69, 9.17) is 16.2 Å². The van der Waals surface area contributed by atoms with Gasteiger partial charge in [-0.05, 0) is 28.1 Å². The number of rotatable bonds is 2. The summed E-state index contributed by atoms with van der Waals surface area (Å²) in [5.41, 5.74) is 14.1. The molecule has 104 valence electrons. The largest absolute Gasteiger partial charge is 0.397 e.